The molecule has 2 aromatic carbocycles. The summed E-state index contributed by atoms with van der Waals surface area (Å²) in [7, 11) is 1.57. The molecule has 0 amide bonds. The van der Waals surface area contributed by atoms with Gasteiger partial charge in [0.15, 0.2) is 11.5 Å². The van der Waals surface area contributed by atoms with Crippen molar-refractivity contribution in [3.63, 3.8) is 0 Å². The Bertz CT molecular complexity index is 960. The Labute approximate surface area is 161 Å². The highest BCUT2D eigenvalue weighted by molar-refractivity contribution is 5.81. The largest absolute Gasteiger partial charge is 0.493 e. The summed E-state index contributed by atoms with van der Waals surface area (Å²) in [6.45, 7) is 0.442. The second kappa shape index (κ2) is 9.13. The van der Waals surface area contributed by atoms with Gasteiger partial charge >= 0.3 is 0 Å². The van der Waals surface area contributed by atoms with E-state index in [4.69, 9.17) is 9.47 Å². The summed E-state index contributed by atoms with van der Waals surface area (Å²) >= 11 is 0. The number of nitro groups is 1. The maximum absolute atomic E-state index is 10.6. The second-order valence-electron chi connectivity index (χ2n) is 5.71. The molecule has 0 bridgehead atoms. The van der Waals surface area contributed by atoms with E-state index in [0.717, 1.165) is 11.1 Å². The highest BCUT2D eigenvalue weighted by Crippen LogP contribution is 2.28. The maximum atomic E-state index is 10.6. The molecule has 1 heterocycles. The quantitative estimate of drug-likeness (QED) is 0.361. The standard InChI is InChI=1S/C20H18N4O4/c1-27-19-11-16(7-9-18(19)28-14-15-5-3-2-4-6-15)12-22-23-20-10-8-17(13-21-20)24(25)26/h2-13H,14H2,1H3,(H,21,23)/b22-12+. The number of methoxy groups -OCH3 is 1. The van der Waals surface area contributed by atoms with Crippen molar-refractivity contribution in [1.29, 1.82) is 0 Å². The molecule has 0 atom stereocenters. The van der Waals surface area contributed by atoms with Crippen LogP contribution in [0.2, 0.25) is 0 Å². The van der Waals surface area contributed by atoms with Crippen molar-refractivity contribution >= 4 is 17.7 Å². The third-order valence-corrected chi connectivity index (χ3v) is 3.78. The Morgan fingerprint density at radius 1 is 1.14 bits per heavy atom. The number of pyridine rings is 1. The number of nitrogens with zero attached hydrogens (tertiary/aromatic N) is 3. The van der Waals surface area contributed by atoms with Gasteiger partial charge in [-0.25, -0.2) is 4.98 Å². The smallest absolute Gasteiger partial charge is 0.287 e. The van der Waals surface area contributed by atoms with Gasteiger partial charge < -0.3 is 9.47 Å². The van der Waals surface area contributed by atoms with Crippen LogP contribution in [0, 0.1) is 10.1 Å². The van der Waals surface area contributed by atoms with E-state index in [2.05, 4.69) is 15.5 Å². The first-order valence-corrected chi connectivity index (χ1v) is 8.40. The van der Waals surface area contributed by atoms with Crippen LogP contribution >= 0.6 is 0 Å². The van der Waals surface area contributed by atoms with E-state index in [-0.39, 0.29) is 5.69 Å². The van der Waals surface area contributed by atoms with Gasteiger partial charge in [0.2, 0.25) is 0 Å². The Kier molecular flexibility index (Phi) is 6.14. The van der Waals surface area contributed by atoms with Crippen LogP contribution in [0.3, 0.4) is 0 Å². The number of rotatable bonds is 8. The van der Waals surface area contributed by atoms with Gasteiger partial charge in [0, 0.05) is 6.07 Å². The van der Waals surface area contributed by atoms with Crippen LogP contribution in [-0.2, 0) is 6.61 Å². The van der Waals surface area contributed by atoms with E-state index < -0.39 is 4.92 Å². The van der Waals surface area contributed by atoms with Crippen LogP contribution in [0.1, 0.15) is 11.1 Å². The molecular weight excluding hydrogens is 360 g/mol. The highest BCUT2D eigenvalue weighted by atomic mass is 16.6. The molecule has 0 aliphatic heterocycles. The minimum atomic E-state index is -0.506. The van der Waals surface area contributed by atoms with Crippen LogP contribution in [0.4, 0.5) is 11.5 Å². The molecule has 0 radical (unpaired) electrons. The van der Waals surface area contributed by atoms with Gasteiger partial charge in [-0.15, -0.1) is 0 Å². The average molecular weight is 378 g/mol. The average Bonchev–Trinajstić information content (AvgIpc) is 2.73. The lowest BCUT2D eigenvalue weighted by molar-refractivity contribution is -0.385. The van der Waals surface area contributed by atoms with E-state index in [0.29, 0.717) is 23.9 Å². The number of hydrazone groups is 1. The molecule has 8 heteroatoms. The molecule has 3 rings (SSSR count). The number of nitrogens with one attached hydrogen (secondary N) is 1. The fraction of sp³-hybridized carbons (Fsp3) is 0.100. The summed E-state index contributed by atoms with van der Waals surface area (Å²) in [5.74, 6) is 1.62. The molecule has 8 nitrogen and oxygen atoms in total. The zero-order valence-electron chi connectivity index (χ0n) is 15.1. The normalized spacial score (nSPS) is 10.6. The van der Waals surface area contributed by atoms with Crippen LogP contribution < -0.4 is 14.9 Å². The van der Waals surface area contributed by atoms with Crippen LogP contribution in [0.25, 0.3) is 0 Å². The fourth-order valence-corrected chi connectivity index (χ4v) is 2.35. The molecule has 0 unspecified atom stereocenters. The van der Waals surface area contributed by atoms with Crippen molar-refractivity contribution in [2.24, 2.45) is 5.10 Å². The number of anilines is 1. The summed E-state index contributed by atoms with van der Waals surface area (Å²) < 4.78 is 11.2. The van der Waals surface area contributed by atoms with E-state index in [9.17, 15) is 10.1 Å². The van der Waals surface area contributed by atoms with Crippen molar-refractivity contribution in [3.8, 4) is 11.5 Å². The summed E-state index contributed by atoms with van der Waals surface area (Å²) in [5, 5.41) is 14.7. The van der Waals surface area contributed by atoms with E-state index in [1.54, 1.807) is 19.4 Å². The Morgan fingerprint density at radius 2 is 1.96 bits per heavy atom. The summed E-state index contributed by atoms with van der Waals surface area (Å²) in [6, 6.07) is 18.2. The lowest BCUT2D eigenvalue weighted by atomic mass is 10.2. The molecule has 1 aromatic heterocycles. The molecule has 3 aromatic rings. The predicted molar refractivity (Wildman–Crippen MR) is 106 cm³/mol. The minimum Gasteiger partial charge on any atom is -0.493 e. The molecule has 28 heavy (non-hydrogen) atoms. The number of aromatic nitrogens is 1. The number of hydrogen-bond acceptors (Lipinski definition) is 7. The molecule has 0 fully saturated rings. The number of ether oxygens (including phenoxy) is 2. The predicted octanol–water partition coefficient (Wildman–Crippen LogP) is 4.02. The van der Waals surface area contributed by atoms with E-state index in [1.807, 2.05) is 42.5 Å². The van der Waals surface area contributed by atoms with E-state index in [1.165, 1.54) is 18.3 Å². The van der Waals surface area contributed by atoms with Crippen LogP contribution in [-0.4, -0.2) is 23.2 Å². The highest BCUT2D eigenvalue weighted by Gasteiger charge is 2.06. The summed E-state index contributed by atoms with van der Waals surface area (Å²) in [5.41, 5.74) is 4.50. The molecular formula is C20H18N4O4. The van der Waals surface area contributed by atoms with Gasteiger partial charge in [-0.1, -0.05) is 30.3 Å². The van der Waals surface area contributed by atoms with Gasteiger partial charge in [-0.3, -0.25) is 15.5 Å². The lowest BCUT2D eigenvalue weighted by Gasteiger charge is -2.11. The first kappa shape index (κ1) is 18.8. The van der Waals surface area contributed by atoms with Gasteiger partial charge in [-0.05, 0) is 35.4 Å². The second-order valence-corrected chi connectivity index (χ2v) is 5.71. The zero-order valence-corrected chi connectivity index (χ0v) is 15.1. The van der Waals surface area contributed by atoms with Gasteiger partial charge in [0.25, 0.3) is 5.69 Å². The molecule has 0 aliphatic carbocycles. The minimum absolute atomic E-state index is 0.0784. The first-order valence-electron chi connectivity index (χ1n) is 8.40. The maximum Gasteiger partial charge on any atom is 0.287 e. The van der Waals surface area contributed by atoms with Crippen LogP contribution in [0.5, 0.6) is 11.5 Å². The topological polar surface area (TPSA) is 98.9 Å². The Hall–Kier alpha value is -3.94. The van der Waals surface area contributed by atoms with Crippen molar-refractivity contribution in [2.45, 2.75) is 6.61 Å². The molecule has 0 saturated carbocycles. The van der Waals surface area contributed by atoms with Crippen molar-refractivity contribution in [3.05, 3.63) is 88.1 Å². The van der Waals surface area contributed by atoms with Crippen LogP contribution in [0.15, 0.2) is 72.0 Å². The molecule has 142 valence electrons. The van der Waals surface area contributed by atoms with Gasteiger partial charge in [-0.2, -0.15) is 5.10 Å². The third kappa shape index (κ3) is 5.04. The third-order valence-electron chi connectivity index (χ3n) is 3.78. The van der Waals surface area contributed by atoms with E-state index >= 15 is 0 Å². The molecule has 0 saturated heterocycles. The monoisotopic (exact) mass is 378 g/mol. The summed E-state index contributed by atoms with van der Waals surface area (Å²) in [6.07, 6.45) is 2.76. The lowest BCUT2D eigenvalue weighted by Crippen LogP contribution is -1.99. The van der Waals surface area contributed by atoms with Gasteiger partial charge in [0.1, 0.15) is 18.6 Å². The SMILES string of the molecule is COc1cc(/C=N/Nc2ccc([N+](=O)[O-])cn2)ccc1OCc1ccccc1. The molecule has 1 N–H and O–H groups in total. The Balaban J connectivity index is 1.62. The first-order chi connectivity index (χ1) is 13.7. The summed E-state index contributed by atoms with van der Waals surface area (Å²) in [4.78, 5) is 14.0. The molecule has 0 aliphatic rings. The molecule has 0 spiro atoms. The van der Waals surface area contributed by atoms with Crippen molar-refractivity contribution < 1.29 is 14.4 Å². The van der Waals surface area contributed by atoms with Crippen molar-refractivity contribution in [2.75, 3.05) is 12.5 Å². The van der Waals surface area contributed by atoms with Crippen molar-refractivity contribution in [1.82, 2.24) is 4.98 Å². The van der Waals surface area contributed by atoms with Gasteiger partial charge in [0.05, 0.1) is 18.2 Å². The number of benzene rings is 2. The number of hydrogen-bond donors (Lipinski definition) is 1. The Morgan fingerprint density at radius 3 is 2.64 bits per heavy atom. The fourth-order valence-electron chi connectivity index (χ4n) is 2.35. The zero-order chi connectivity index (χ0) is 19.8.